The van der Waals surface area contributed by atoms with E-state index in [0.29, 0.717) is 6.54 Å². The number of hydrogen-bond acceptors (Lipinski definition) is 3. The Balaban J connectivity index is 0.00000200. The first kappa shape index (κ1) is 17.1. The first-order chi connectivity index (χ1) is 9.35. The Morgan fingerprint density at radius 1 is 1.45 bits per heavy atom. The molecule has 6 heteroatoms. The zero-order chi connectivity index (χ0) is 13.5. The highest BCUT2D eigenvalue weighted by molar-refractivity contribution is 14.0. The molecule has 0 bridgehead atoms. The third-order valence-electron chi connectivity index (χ3n) is 3.05. The van der Waals surface area contributed by atoms with E-state index >= 15 is 0 Å². The van der Waals surface area contributed by atoms with Gasteiger partial charge in [-0.05, 0) is 24.4 Å². The quantitative estimate of drug-likeness (QED) is 0.362. The van der Waals surface area contributed by atoms with Crippen LogP contribution in [-0.4, -0.2) is 50.1 Å². The second-order valence-electron chi connectivity index (χ2n) is 4.30. The van der Waals surface area contributed by atoms with Crippen LogP contribution in [0.4, 0.5) is 5.00 Å². The van der Waals surface area contributed by atoms with Crippen molar-refractivity contribution in [1.82, 2.24) is 10.2 Å². The van der Waals surface area contributed by atoms with Gasteiger partial charge in [-0.15, -0.1) is 41.7 Å². The van der Waals surface area contributed by atoms with Gasteiger partial charge in [0.2, 0.25) is 0 Å². The number of piperazine rings is 1. The minimum absolute atomic E-state index is 0. The molecule has 110 valence electrons. The lowest BCUT2D eigenvalue weighted by Crippen LogP contribution is -2.52. The number of guanidine groups is 1. The molecule has 0 atom stereocenters. The van der Waals surface area contributed by atoms with Gasteiger partial charge in [0, 0.05) is 32.7 Å². The average Bonchev–Trinajstić information content (AvgIpc) is 2.98. The molecule has 1 aromatic rings. The Labute approximate surface area is 142 Å². The molecule has 1 aliphatic rings. The predicted molar refractivity (Wildman–Crippen MR) is 98.3 cm³/mol. The molecule has 0 aromatic carbocycles. The van der Waals surface area contributed by atoms with Crippen molar-refractivity contribution in [2.24, 2.45) is 4.99 Å². The molecular weight excluding hydrogens is 383 g/mol. The third-order valence-corrected chi connectivity index (χ3v) is 3.98. The van der Waals surface area contributed by atoms with Crippen molar-refractivity contribution in [1.29, 1.82) is 0 Å². The van der Waals surface area contributed by atoms with E-state index < -0.39 is 0 Å². The van der Waals surface area contributed by atoms with Crippen LogP contribution < -0.4 is 10.2 Å². The van der Waals surface area contributed by atoms with Crippen LogP contribution >= 0.6 is 35.3 Å². The zero-order valence-corrected chi connectivity index (χ0v) is 14.9. The summed E-state index contributed by atoms with van der Waals surface area (Å²) in [5.74, 6) is 3.50. The Hall–Kier alpha value is -0.940. The fraction of sp³-hybridized carbons (Fsp3) is 0.500. The Morgan fingerprint density at radius 3 is 2.75 bits per heavy atom. The summed E-state index contributed by atoms with van der Waals surface area (Å²) in [6, 6.07) is 4.28. The first-order valence-electron chi connectivity index (χ1n) is 6.60. The van der Waals surface area contributed by atoms with Crippen molar-refractivity contribution in [3.8, 4) is 12.3 Å². The highest BCUT2D eigenvalue weighted by Gasteiger charge is 2.19. The Morgan fingerprint density at radius 2 is 2.20 bits per heavy atom. The molecule has 2 heterocycles. The van der Waals surface area contributed by atoms with E-state index in [4.69, 9.17) is 6.42 Å². The number of hydrogen-bond donors (Lipinski definition) is 1. The number of aliphatic imine (C=N–C) groups is 1. The summed E-state index contributed by atoms with van der Waals surface area (Å²) in [6.07, 6.45) is 5.28. The van der Waals surface area contributed by atoms with Crippen LogP contribution in [0.25, 0.3) is 0 Å². The maximum absolute atomic E-state index is 5.28. The summed E-state index contributed by atoms with van der Waals surface area (Å²) in [5, 5.41) is 6.78. The van der Waals surface area contributed by atoms with Crippen LogP contribution in [0.2, 0.25) is 0 Å². The van der Waals surface area contributed by atoms with E-state index in [2.05, 4.69) is 50.5 Å². The third kappa shape index (κ3) is 4.56. The molecular formula is C14H21IN4S. The van der Waals surface area contributed by atoms with Crippen molar-refractivity contribution >= 4 is 46.3 Å². The normalized spacial score (nSPS) is 15.5. The SMILES string of the molecule is C#CCN=C(NCC)N1CCN(c2cccs2)CC1.I. The monoisotopic (exact) mass is 404 g/mol. The summed E-state index contributed by atoms with van der Waals surface area (Å²) < 4.78 is 0. The zero-order valence-electron chi connectivity index (χ0n) is 11.7. The van der Waals surface area contributed by atoms with Crippen LogP contribution in [-0.2, 0) is 0 Å². The van der Waals surface area contributed by atoms with Gasteiger partial charge in [-0.2, -0.15) is 0 Å². The number of terminal acetylenes is 1. The molecule has 1 fully saturated rings. The van der Waals surface area contributed by atoms with Gasteiger partial charge in [0.1, 0.15) is 6.54 Å². The maximum Gasteiger partial charge on any atom is 0.195 e. The average molecular weight is 404 g/mol. The van der Waals surface area contributed by atoms with Crippen LogP contribution in [0.3, 0.4) is 0 Å². The van der Waals surface area contributed by atoms with Gasteiger partial charge in [-0.1, -0.05) is 5.92 Å². The summed E-state index contributed by atoms with van der Waals surface area (Å²) in [7, 11) is 0. The second-order valence-corrected chi connectivity index (χ2v) is 5.23. The fourth-order valence-electron chi connectivity index (χ4n) is 2.13. The molecule has 0 aliphatic carbocycles. The summed E-state index contributed by atoms with van der Waals surface area (Å²) in [5.41, 5.74) is 0. The number of rotatable bonds is 3. The molecule has 1 aliphatic heterocycles. The van der Waals surface area contributed by atoms with Crippen molar-refractivity contribution in [2.45, 2.75) is 6.92 Å². The summed E-state index contributed by atoms with van der Waals surface area (Å²) in [4.78, 5) is 9.13. The minimum atomic E-state index is 0. The standard InChI is InChI=1S/C14H20N4S.HI/c1-3-7-16-14(15-4-2)18-10-8-17(9-11-18)13-6-5-12-19-13;/h1,5-6,12H,4,7-11H2,2H3,(H,15,16);1H. The molecule has 0 saturated carbocycles. The van der Waals surface area contributed by atoms with Gasteiger partial charge in [0.25, 0.3) is 0 Å². The van der Waals surface area contributed by atoms with Crippen molar-refractivity contribution in [3.05, 3.63) is 17.5 Å². The van der Waals surface area contributed by atoms with Gasteiger partial charge >= 0.3 is 0 Å². The fourth-order valence-corrected chi connectivity index (χ4v) is 2.92. The predicted octanol–water partition coefficient (Wildman–Crippen LogP) is 2.09. The number of anilines is 1. The number of nitrogens with one attached hydrogen (secondary N) is 1. The van der Waals surface area contributed by atoms with E-state index in [9.17, 15) is 0 Å². The molecule has 0 amide bonds. The van der Waals surface area contributed by atoms with Gasteiger partial charge < -0.3 is 15.1 Å². The molecule has 0 spiro atoms. The largest absolute Gasteiger partial charge is 0.360 e. The van der Waals surface area contributed by atoms with Crippen molar-refractivity contribution in [3.63, 3.8) is 0 Å². The van der Waals surface area contributed by atoms with Crippen LogP contribution in [0.5, 0.6) is 0 Å². The van der Waals surface area contributed by atoms with E-state index in [1.54, 1.807) is 11.3 Å². The molecule has 1 saturated heterocycles. The van der Waals surface area contributed by atoms with E-state index in [1.165, 1.54) is 5.00 Å². The number of thiophene rings is 1. The van der Waals surface area contributed by atoms with Crippen LogP contribution in [0, 0.1) is 12.3 Å². The first-order valence-corrected chi connectivity index (χ1v) is 7.48. The molecule has 2 rings (SSSR count). The van der Waals surface area contributed by atoms with Gasteiger partial charge in [0.15, 0.2) is 5.96 Å². The minimum Gasteiger partial charge on any atom is -0.360 e. The van der Waals surface area contributed by atoms with E-state index in [0.717, 1.165) is 38.7 Å². The number of halogens is 1. The molecule has 0 radical (unpaired) electrons. The Bertz CT molecular complexity index is 444. The highest BCUT2D eigenvalue weighted by atomic mass is 127. The summed E-state index contributed by atoms with van der Waals surface area (Å²) in [6.45, 7) is 7.40. The van der Waals surface area contributed by atoms with Crippen molar-refractivity contribution in [2.75, 3.05) is 44.2 Å². The molecule has 1 aromatic heterocycles. The lowest BCUT2D eigenvalue weighted by Gasteiger charge is -2.37. The molecule has 0 unspecified atom stereocenters. The number of nitrogens with zero attached hydrogens (tertiary/aromatic N) is 3. The van der Waals surface area contributed by atoms with Gasteiger partial charge in [-0.3, -0.25) is 0 Å². The van der Waals surface area contributed by atoms with E-state index in [-0.39, 0.29) is 24.0 Å². The molecule has 1 N–H and O–H groups in total. The molecule has 20 heavy (non-hydrogen) atoms. The van der Waals surface area contributed by atoms with Crippen LogP contribution in [0.1, 0.15) is 6.92 Å². The molecule has 4 nitrogen and oxygen atoms in total. The smallest absolute Gasteiger partial charge is 0.195 e. The maximum atomic E-state index is 5.28. The topological polar surface area (TPSA) is 30.9 Å². The highest BCUT2D eigenvalue weighted by Crippen LogP contribution is 2.22. The van der Waals surface area contributed by atoms with Gasteiger partial charge in [-0.25, -0.2) is 4.99 Å². The van der Waals surface area contributed by atoms with E-state index in [1.807, 2.05) is 0 Å². The Kier molecular flexibility index (Phi) is 7.77. The van der Waals surface area contributed by atoms with Crippen molar-refractivity contribution < 1.29 is 0 Å². The lowest BCUT2D eigenvalue weighted by atomic mass is 10.3. The van der Waals surface area contributed by atoms with Gasteiger partial charge in [0.05, 0.1) is 5.00 Å². The lowest BCUT2D eigenvalue weighted by molar-refractivity contribution is 0.374. The second kappa shape index (κ2) is 9.08. The van der Waals surface area contributed by atoms with Crippen LogP contribution in [0.15, 0.2) is 22.5 Å². The summed E-state index contributed by atoms with van der Waals surface area (Å²) >= 11 is 1.80.